The Morgan fingerprint density at radius 2 is 1.57 bits per heavy atom. The molecule has 4 nitrogen and oxygen atoms in total. The van der Waals surface area contributed by atoms with Gasteiger partial charge in [0, 0.05) is 39.6 Å². The quantitative estimate of drug-likeness (QED) is 0.711. The SMILES string of the molecule is COc1cc(OC)c(OC)cc1Cc1c[nH]c2ccc(Br)cc12. The van der Waals surface area contributed by atoms with Crippen LogP contribution in [-0.2, 0) is 6.42 Å². The van der Waals surface area contributed by atoms with Crippen LogP contribution >= 0.6 is 15.9 Å². The topological polar surface area (TPSA) is 43.5 Å². The first-order valence-corrected chi connectivity index (χ1v) is 8.00. The average Bonchev–Trinajstić information content (AvgIpc) is 2.96. The number of halogens is 1. The summed E-state index contributed by atoms with van der Waals surface area (Å²) in [7, 11) is 4.92. The van der Waals surface area contributed by atoms with Crippen molar-refractivity contribution < 1.29 is 14.2 Å². The number of aromatic nitrogens is 1. The van der Waals surface area contributed by atoms with Crippen molar-refractivity contribution in [3.05, 3.63) is 52.1 Å². The molecule has 0 aliphatic heterocycles. The molecule has 0 aliphatic rings. The fourth-order valence-corrected chi connectivity index (χ4v) is 3.09. The molecule has 0 radical (unpaired) electrons. The minimum atomic E-state index is 0.662. The molecule has 3 rings (SSSR count). The molecular formula is C18H18BrNO3. The molecule has 0 spiro atoms. The van der Waals surface area contributed by atoms with E-state index in [0.29, 0.717) is 11.5 Å². The van der Waals surface area contributed by atoms with Crippen LogP contribution in [0.2, 0.25) is 0 Å². The van der Waals surface area contributed by atoms with Crippen LogP contribution in [0, 0.1) is 0 Å². The monoisotopic (exact) mass is 375 g/mol. The number of rotatable bonds is 5. The summed E-state index contributed by atoms with van der Waals surface area (Å²) >= 11 is 3.53. The van der Waals surface area contributed by atoms with Crippen molar-refractivity contribution in [2.45, 2.75) is 6.42 Å². The van der Waals surface area contributed by atoms with Gasteiger partial charge in [0.15, 0.2) is 11.5 Å². The van der Waals surface area contributed by atoms with Crippen LogP contribution in [0.5, 0.6) is 17.2 Å². The number of fused-ring (bicyclic) bond motifs is 1. The summed E-state index contributed by atoms with van der Waals surface area (Å²) in [5, 5.41) is 1.19. The highest BCUT2D eigenvalue weighted by molar-refractivity contribution is 9.10. The minimum Gasteiger partial charge on any atom is -0.496 e. The van der Waals surface area contributed by atoms with Crippen molar-refractivity contribution in [1.82, 2.24) is 4.98 Å². The number of aromatic amines is 1. The van der Waals surface area contributed by atoms with Gasteiger partial charge in [-0.05, 0) is 29.8 Å². The van der Waals surface area contributed by atoms with Crippen LogP contribution in [0.4, 0.5) is 0 Å². The van der Waals surface area contributed by atoms with Crippen molar-refractivity contribution in [1.29, 1.82) is 0 Å². The summed E-state index contributed by atoms with van der Waals surface area (Å²) in [6.07, 6.45) is 2.77. The largest absolute Gasteiger partial charge is 0.496 e. The van der Waals surface area contributed by atoms with E-state index in [4.69, 9.17) is 14.2 Å². The Morgan fingerprint density at radius 3 is 2.26 bits per heavy atom. The highest BCUT2D eigenvalue weighted by Crippen LogP contribution is 2.36. The van der Waals surface area contributed by atoms with E-state index < -0.39 is 0 Å². The molecule has 0 fully saturated rings. The molecule has 0 saturated carbocycles. The standard InChI is InChI=1S/C18H18BrNO3/c1-21-16-9-18(23-3)17(22-2)7-11(16)6-12-10-20-15-5-4-13(19)8-14(12)15/h4-5,7-10,20H,6H2,1-3H3. The van der Waals surface area contributed by atoms with Crippen molar-refractivity contribution in [2.75, 3.05) is 21.3 Å². The van der Waals surface area contributed by atoms with Gasteiger partial charge in [-0.2, -0.15) is 0 Å². The van der Waals surface area contributed by atoms with E-state index in [1.54, 1.807) is 21.3 Å². The van der Waals surface area contributed by atoms with Gasteiger partial charge in [-0.3, -0.25) is 0 Å². The highest BCUT2D eigenvalue weighted by atomic mass is 79.9. The number of hydrogen-bond acceptors (Lipinski definition) is 3. The molecule has 1 aromatic heterocycles. The Hall–Kier alpha value is -2.14. The van der Waals surface area contributed by atoms with Gasteiger partial charge in [-0.25, -0.2) is 0 Å². The van der Waals surface area contributed by atoms with Gasteiger partial charge < -0.3 is 19.2 Å². The van der Waals surface area contributed by atoms with E-state index in [2.05, 4.69) is 33.0 Å². The third kappa shape index (κ3) is 3.01. The average molecular weight is 376 g/mol. The predicted octanol–water partition coefficient (Wildman–Crippen LogP) is 4.55. The van der Waals surface area contributed by atoms with Crippen molar-refractivity contribution in [3.8, 4) is 17.2 Å². The molecule has 23 heavy (non-hydrogen) atoms. The maximum absolute atomic E-state index is 5.52. The van der Waals surface area contributed by atoms with Gasteiger partial charge in [0.05, 0.1) is 21.3 Å². The number of ether oxygens (including phenoxy) is 3. The Kier molecular flexibility index (Phi) is 4.48. The highest BCUT2D eigenvalue weighted by Gasteiger charge is 2.14. The van der Waals surface area contributed by atoms with Gasteiger partial charge in [0.1, 0.15) is 5.75 Å². The molecule has 3 aromatic rings. The molecule has 0 saturated heterocycles. The fourth-order valence-electron chi connectivity index (χ4n) is 2.73. The Balaban J connectivity index is 2.05. The lowest BCUT2D eigenvalue weighted by atomic mass is 10.0. The number of benzene rings is 2. The molecule has 0 unspecified atom stereocenters. The molecular weight excluding hydrogens is 358 g/mol. The van der Waals surface area contributed by atoms with Crippen molar-refractivity contribution in [2.24, 2.45) is 0 Å². The van der Waals surface area contributed by atoms with Crippen LogP contribution in [0.1, 0.15) is 11.1 Å². The lowest BCUT2D eigenvalue weighted by molar-refractivity contribution is 0.348. The number of H-pyrrole nitrogens is 1. The first kappa shape index (κ1) is 15.7. The van der Waals surface area contributed by atoms with Crippen molar-refractivity contribution in [3.63, 3.8) is 0 Å². The van der Waals surface area contributed by atoms with E-state index in [1.165, 1.54) is 10.9 Å². The number of nitrogens with one attached hydrogen (secondary N) is 1. The molecule has 0 bridgehead atoms. The predicted molar refractivity (Wildman–Crippen MR) is 94.9 cm³/mol. The minimum absolute atomic E-state index is 0.662. The molecule has 120 valence electrons. The molecule has 2 aromatic carbocycles. The van der Waals surface area contributed by atoms with Gasteiger partial charge in [-0.1, -0.05) is 15.9 Å². The smallest absolute Gasteiger partial charge is 0.164 e. The lowest BCUT2D eigenvalue weighted by Crippen LogP contribution is -1.98. The summed E-state index contributed by atoms with van der Waals surface area (Å²) in [5.74, 6) is 2.14. The first-order chi connectivity index (χ1) is 11.2. The molecule has 0 amide bonds. The molecule has 0 atom stereocenters. The zero-order chi connectivity index (χ0) is 16.4. The van der Waals surface area contributed by atoms with Crippen LogP contribution in [0.15, 0.2) is 41.0 Å². The summed E-state index contributed by atoms with van der Waals surface area (Å²) in [6, 6.07) is 10.0. The molecule has 0 aliphatic carbocycles. The third-order valence-electron chi connectivity index (χ3n) is 3.90. The summed E-state index contributed by atoms with van der Waals surface area (Å²) < 4.78 is 17.3. The van der Waals surface area contributed by atoms with Crippen LogP contribution in [0.3, 0.4) is 0 Å². The van der Waals surface area contributed by atoms with Crippen LogP contribution < -0.4 is 14.2 Å². The number of methoxy groups -OCH3 is 3. The first-order valence-electron chi connectivity index (χ1n) is 7.20. The third-order valence-corrected chi connectivity index (χ3v) is 4.39. The van der Waals surface area contributed by atoms with Crippen LogP contribution in [0.25, 0.3) is 10.9 Å². The Bertz CT molecular complexity index is 842. The zero-order valence-corrected chi connectivity index (χ0v) is 14.9. The Morgan fingerprint density at radius 1 is 0.870 bits per heavy atom. The lowest BCUT2D eigenvalue weighted by Gasteiger charge is -2.14. The van der Waals surface area contributed by atoms with Crippen molar-refractivity contribution >= 4 is 26.8 Å². The maximum Gasteiger partial charge on any atom is 0.164 e. The van der Waals surface area contributed by atoms with E-state index in [0.717, 1.165) is 27.7 Å². The summed E-state index contributed by atoms with van der Waals surface area (Å²) in [4.78, 5) is 3.31. The normalized spacial score (nSPS) is 10.8. The second-order valence-electron chi connectivity index (χ2n) is 5.20. The summed E-state index contributed by atoms with van der Waals surface area (Å²) in [6.45, 7) is 0. The second kappa shape index (κ2) is 6.54. The van der Waals surface area contributed by atoms with E-state index >= 15 is 0 Å². The van der Waals surface area contributed by atoms with Gasteiger partial charge in [0.2, 0.25) is 0 Å². The van der Waals surface area contributed by atoms with Crippen LogP contribution in [-0.4, -0.2) is 26.3 Å². The van der Waals surface area contributed by atoms with E-state index in [1.807, 2.05) is 24.4 Å². The zero-order valence-electron chi connectivity index (χ0n) is 13.3. The van der Waals surface area contributed by atoms with E-state index in [9.17, 15) is 0 Å². The Labute approximate surface area is 143 Å². The second-order valence-corrected chi connectivity index (χ2v) is 6.12. The van der Waals surface area contributed by atoms with Gasteiger partial charge >= 0.3 is 0 Å². The molecule has 5 heteroatoms. The summed E-state index contributed by atoms with van der Waals surface area (Å²) in [5.41, 5.74) is 3.36. The van der Waals surface area contributed by atoms with Gasteiger partial charge in [0.25, 0.3) is 0 Å². The maximum atomic E-state index is 5.52. The van der Waals surface area contributed by atoms with E-state index in [-0.39, 0.29) is 0 Å². The van der Waals surface area contributed by atoms with Gasteiger partial charge in [-0.15, -0.1) is 0 Å². The number of hydrogen-bond donors (Lipinski definition) is 1. The molecule has 1 heterocycles. The fraction of sp³-hybridized carbons (Fsp3) is 0.222. The molecule has 1 N–H and O–H groups in total.